The molecule has 3 atom stereocenters. The van der Waals surface area contributed by atoms with Gasteiger partial charge in [0.05, 0.1) is 25.3 Å². The molecule has 2 N–H and O–H groups in total. The fraction of sp³-hybridized carbons (Fsp3) is 0.875. The molecule has 1 aliphatic rings. The van der Waals surface area contributed by atoms with Crippen LogP contribution in [-0.4, -0.2) is 30.6 Å². The molecule has 1 heterocycles. The molecule has 3 heteroatoms. The van der Waals surface area contributed by atoms with Gasteiger partial charge in [0.2, 0.25) is 0 Å². The number of likely N-dealkylation sites (tertiary alicyclic amines) is 1. The Labute approximate surface area is 67.7 Å². The minimum absolute atomic E-state index is 0.441. The summed E-state index contributed by atoms with van der Waals surface area (Å²) in [7, 11) is 2.19. The SMILES string of the molecule is C[C@H]1C[NH+](C)[C@@H](C)C/C1=N/O. The maximum Gasteiger partial charge on any atom is 0.0898 e. The van der Waals surface area contributed by atoms with E-state index in [2.05, 4.69) is 26.1 Å². The number of nitrogens with zero attached hydrogens (tertiary/aromatic N) is 1. The second kappa shape index (κ2) is 3.22. The van der Waals surface area contributed by atoms with Crippen LogP contribution in [0, 0.1) is 5.92 Å². The van der Waals surface area contributed by atoms with Gasteiger partial charge in [-0.15, -0.1) is 0 Å². The lowest BCUT2D eigenvalue weighted by Crippen LogP contribution is -3.14. The molecule has 1 rings (SSSR count). The van der Waals surface area contributed by atoms with Crippen LogP contribution in [0.4, 0.5) is 0 Å². The maximum atomic E-state index is 8.64. The summed E-state index contributed by atoms with van der Waals surface area (Å²) in [4.78, 5) is 1.53. The summed E-state index contributed by atoms with van der Waals surface area (Å²) in [5.41, 5.74) is 0.961. The highest BCUT2D eigenvalue weighted by atomic mass is 16.4. The molecule has 3 nitrogen and oxygen atoms in total. The van der Waals surface area contributed by atoms with Crippen LogP contribution >= 0.6 is 0 Å². The van der Waals surface area contributed by atoms with Crippen molar-refractivity contribution in [2.75, 3.05) is 13.6 Å². The van der Waals surface area contributed by atoms with Gasteiger partial charge in [0.25, 0.3) is 0 Å². The molecule has 0 aromatic carbocycles. The third-order valence-electron chi connectivity index (χ3n) is 2.68. The van der Waals surface area contributed by atoms with Crippen molar-refractivity contribution in [2.24, 2.45) is 11.1 Å². The van der Waals surface area contributed by atoms with Crippen LogP contribution in [0.15, 0.2) is 5.16 Å². The Morgan fingerprint density at radius 3 is 2.73 bits per heavy atom. The minimum Gasteiger partial charge on any atom is -0.411 e. The largest absolute Gasteiger partial charge is 0.411 e. The Hall–Kier alpha value is -0.570. The normalized spacial score (nSPS) is 42.8. The third kappa shape index (κ3) is 1.71. The lowest BCUT2D eigenvalue weighted by Gasteiger charge is -2.30. The smallest absolute Gasteiger partial charge is 0.0898 e. The quantitative estimate of drug-likeness (QED) is 0.369. The topological polar surface area (TPSA) is 37.0 Å². The molecular weight excluding hydrogens is 140 g/mol. The highest BCUT2D eigenvalue weighted by Crippen LogP contribution is 2.06. The van der Waals surface area contributed by atoms with Crippen molar-refractivity contribution in [1.82, 2.24) is 0 Å². The van der Waals surface area contributed by atoms with E-state index >= 15 is 0 Å². The van der Waals surface area contributed by atoms with Crippen LogP contribution < -0.4 is 4.90 Å². The molecule has 1 fully saturated rings. The van der Waals surface area contributed by atoms with Gasteiger partial charge in [-0.1, -0.05) is 12.1 Å². The van der Waals surface area contributed by atoms with Crippen molar-refractivity contribution in [2.45, 2.75) is 26.3 Å². The van der Waals surface area contributed by atoms with Crippen molar-refractivity contribution >= 4 is 5.71 Å². The Morgan fingerprint density at radius 2 is 2.18 bits per heavy atom. The van der Waals surface area contributed by atoms with Crippen LogP contribution in [-0.2, 0) is 0 Å². The summed E-state index contributed by atoms with van der Waals surface area (Å²) in [6, 6.07) is 0.595. The lowest BCUT2D eigenvalue weighted by atomic mass is 9.93. The number of quaternary nitrogens is 1. The van der Waals surface area contributed by atoms with Gasteiger partial charge < -0.3 is 10.1 Å². The zero-order valence-electron chi connectivity index (χ0n) is 7.46. The van der Waals surface area contributed by atoms with E-state index in [1.165, 1.54) is 4.90 Å². The van der Waals surface area contributed by atoms with E-state index in [9.17, 15) is 0 Å². The van der Waals surface area contributed by atoms with E-state index in [4.69, 9.17) is 5.21 Å². The molecule has 0 aromatic heterocycles. The predicted octanol–water partition coefficient (Wildman–Crippen LogP) is -0.240. The predicted molar refractivity (Wildman–Crippen MR) is 44.2 cm³/mol. The second-order valence-corrected chi connectivity index (χ2v) is 3.65. The van der Waals surface area contributed by atoms with E-state index in [0.717, 1.165) is 18.7 Å². The molecule has 0 bridgehead atoms. The first-order valence-corrected chi connectivity index (χ1v) is 4.18. The number of hydrogen-bond acceptors (Lipinski definition) is 2. The molecule has 0 saturated carbocycles. The van der Waals surface area contributed by atoms with Crippen LogP contribution in [0.1, 0.15) is 20.3 Å². The Morgan fingerprint density at radius 1 is 1.55 bits per heavy atom. The average Bonchev–Trinajstić information content (AvgIpc) is 1.97. The highest BCUT2D eigenvalue weighted by Gasteiger charge is 2.28. The van der Waals surface area contributed by atoms with E-state index in [0.29, 0.717) is 12.0 Å². The lowest BCUT2D eigenvalue weighted by molar-refractivity contribution is -0.908. The fourth-order valence-electron chi connectivity index (χ4n) is 1.63. The van der Waals surface area contributed by atoms with Gasteiger partial charge in [-0.05, 0) is 6.92 Å². The van der Waals surface area contributed by atoms with E-state index in [-0.39, 0.29) is 0 Å². The van der Waals surface area contributed by atoms with E-state index < -0.39 is 0 Å². The Bertz CT molecular complexity index is 167. The molecule has 0 radical (unpaired) electrons. The average molecular weight is 157 g/mol. The van der Waals surface area contributed by atoms with Crippen molar-refractivity contribution < 1.29 is 10.1 Å². The highest BCUT2D eigenvalue weighted by molar-refractivity contribution is 5.86. The van der Waals surface area contributed by atoms with E-state index in [1.54, 1.807) is 0 Å². The van der Waals surface area contributed by atoms with Gasteiger partial charge in [0.15, 0.2) is 0 Å². The number of hydrogen-bond donors (Lipinski definition) is 2. The van der Waals surface area contributed by atoms with Gasteiger partial charge in [-0.25, -0.2) is 0 Å². The first-order valence-electron chi connectivity index (χ1n) is 4.18. The van der Waals surface area contributed by atoms with Crippen molar-refractivity contribution in [3.8, 4) is 0 Å². The zero-order chi connectivity index (χ0) is 8.43. The maximum absolute atomic E-state index is 8.64. The first-order chi connectivity index (χ1) is 5.15. The number of nitrogens with one attached hydrogen (secondary N) is 1. The summed E-state index contributed by atoms with van der Waals surface area (Å²) in [6.45, 7) is 5.39. The summed E-state index contributed by atoms with van der Waals surface area (Å²) >= 11 is 0. The molecule has 0 aromatic rings. The summed E-state index contributed by atoms with van der Waals surface area (Å²) < 4.78 is 0. The molecule has 1 aliphatic heterocycles. The van der Waals surface area contributed by atoms with Crippen molar-refractivity contribution in [3.63, 3.8) is 0 Å². The van der Waals surface area contributed by atoms with Gasteiger partial charge >= 0.3 is 0 Å². The number of oxime groups is 1. The third-order valence-corrected chi connectivity index (χ3v) is 2.68. The minimum atomic E-state index is 0.441. The second-order valence-electron chi connectivity index (χ2n) is 3.65. The van der Waals surface area contributed by atoms with Crippen LogP contribution in [0.5, 0.6) is 0 Å². The van der Waals surface area contributed by atoms with Crippen LogP contribution in [0.2, 0.25) is 0 Å². The molecule has 0 aliphatic carbocycles. The molecule has 1 saturated heterocycles. The van der Waals surface area contributed by atoms with Crippen molar-refractivity contribution in [3.05, 3.63) is 0 Å². The van der Waals surface area contributed by atoms with Crippen LogP contribution in [0.25, 0.3) is 0 Å². The molecule has 11 heavy (non-hydrogen) atoms. The molecule has 1 unspecified atom stereocenters. The molecule has 0 amide bonds. The van der Waals surface area contributed by atoms with Gasteiger partial charge in [0.1, 0.15) is 0 Å². The Balaban J connectivity index is 2.62. The molecule has 64 valence electrons. The zero-order valence-corrected chi connectivity index (χ0v) is 7.46. The van der Waals surface area contributed by atoms with Crippen LogP contribution in [0.3, 0.4) is 0 Å². The molecule has 0 spiro atoms. The monoisotopic (exact) mass is 157 g/mol. The van der Waals surface area contributed by atoms with Gasteiger partial charge in [-0.3, -0.25) is 0 Å². The van der Waals surface area contributed by atoms with E-state index in [1.807, 2.05) is 0 Å². The Kier molecular flexibility index (Phi) is 2.49. The number of rotatable bonds is 0. The fourth-order valence-corrected chi connectivity index (χ4v) is 1.63. The number of piperidine rings is 1. The summed E-state index contributed by atoms with van der Waals surface area (Å²) in [5, 5.41) is 12.0. The van der Waals surface area contributed by atoms with Crippen molar-refractivity contribution in [1.29, 1.82) is 0 Å². The molecular formula is C8H17N2O+. The summed E-state index contributed by atoms with van der Waals surface area (Å²) in [6.07, 6.45) is 0.934. The first kappa shape index (κ1) is 8.53. The van der Waals surface area contributed by atoms with Gasteiger partial charge in [0, 0.05) is 12.3 Å². The summed E-state index contributed by atoms with van der Waals surface area (Å²) in [5.74, 6) is 0.441. The van der Waals surface area contributed by atoms with Gasteiger partial charge in [-0.2, -0.15) is 0 Å². The standard InChI is InChI=1S/C8H16N2O/c1-6-5-10(3)7(2)4-8(6)9-11/h6-7,11H,4-5H2,1-3H3/p+1/b9-8-/t6-,7-/m0/s1.